The lowest BCUT2D eigenvalue weighted by atomic mass is 9.92. The summed E-state index contributed by atoms with van der Waals surface area (Å²) in [6.45, 7) is 10.5. The van der Waals surface area contributed by atoms with Crippen molar-refractivity contribution in [2.24, 2.45) is 5.92 Å². The van der Waals surface area contributed by atoms with Gasteiger partial charge in [0, 0.05) is 49.5 Å². The number of hydrogen-bond acceptors (Lipinski definition) is 6. The summed E-state index contributed by atoms with van der Waals surface area (Å²) in [5.74, 6) is 1.25. The van der Waals surface area contributed by atoms with Crippen LogP contribution in [0, 0.1) is 5.92 Å². The first-order valence-corrected chi connectivity index (χ1v) is 12.9. The number of piperidine rings is 1. The minimum absolute atomic E-state index is 0.293. The number of anilines is 1. The van der Waals surface area contributed by atoms with Crippen LogP contribution in [0.1, 0.15) is 39.7 Å². The molecule has 9 heteroatoms. The third-order valence-corrected chi connectivity index (χ3v) is 7.96. The minimum atomic E-state index is -3.52. The van der Waals surface area contributed by atoms with Gasteiger partial charge in [0.15, 0.2) is 0 Å². The first kappa shape index (κ1) is 23.7. The van der Waals surface area contributed by atoms with Gasteiger partial charge in [-0.2, -0.15) is 4.98 Å². The number of aromatic amines is 1. The van der Waals surface area contributed by atoms with Gasteiger partial charge in [-0.25, -0.2) is 18.1 Å². The van der Waals surface area contributed by atoms with E-state index in [1.54, 1.807) is 12.1 Å². The molecule has 8 nitrogen and oxygen atoms in total. The number of nitrogens with zero attached hydrogens (tertiary/aromatic N) is 4. The highest BCUT2D eigenvalue weighted by Crippen LogP contribution is 2.26. The number of benzene rings is 1. The van der Waals surface area contributed by atoms with Crippen molar-refractivity contribution in [1.29, 1.82) is 0 Å². The van der Waals surface area contributed by atoms with Gasteiger partial charge in [0.25, 0.3) is 0 Å². The largest absolute Gasteiger partial charge is 0.346 e. The van der Waals surface area contributed by atoms with Gasteiger partial charge >= 0.3 is 0 Å². The molecule has 1 fully saturated rings. The van der Waals surface area contributed by atoms with E-state index in [2.05, 4.69) is 43.4 Å². The second kappa shape index (κ2) is 9.04. The summed E-state index contributed by atoms with van der Waals surface area (Å²) < 4.78 is 27.8. The fraction of sp³-hybridized carbons (Fsp3) is 0.500. The molecule has 1 aliphatic rings. The number of aromatic nitrogens is 3. The zero-order valence-corrected chi connectivity index (χ0v) is 20.9. The Kier molecular flexibility index (Phi) is 6.48. The summed E-state index contributed by atoms with van der Waals surface area (Å²) >= 11 is 0. The average molecular weight is 471 g/mol. The van der Waals surface area contributed by atoms with E-state index in [1.165, 1.54) is 0 Å². The predicted molar refractivity (Wildman–Crippen MR) is 132 cm³/mol. The highest BCUT2D eigenvalue weighted by molar-refractivity contribution is 7.89. The molecule has 0 saturated carbocycles. The lowest BCUT2D eigenvalue weighted by molar-refractivity contribution is 0.158. The van der Waals surface area contributed by atoms with Crippen molar-refractivity contribution in [1.82, 2.24) is 24.6 Å². The van der Waals surface area contributed by atoms with Crippen LogP contribution >= 0.6 is 0 Å². The van der Waals surface area contributed by atoms with Crippen LogP contribution in [0.25, 0.3) is 11.0 Å². The number of likely N-dealkylation sites (N-methyl/N-ethyl adjacent to an activating group) is 1. The maximum atomic E-state index is 12.6. The monoisotopic (exact) mass is 470 g/mol. The second-order valence-electron chi connectivity index (χ2n) is 10.1. The molecule has 4 rings (SSSR count). The van der Waals surface area contributed by atoms with E-state index in [-0.39, 0.29) is 0 Å². The summed E-state index contributed by atoms with van der Waals surface area (Å²) in [5.41, 5.74) is 1.44. The molecule has 0 bridgehead atoms. The number of hydrogen-bond donors (Lipinski definition) is 2. The highest BCUT2D eigenvalue weighted by Gasteiger charge is 2.30. The Labute approximate surface area is 196 Å². The molecule has 1 saturated heterocycles. The normalized spacial score (nSPS) is 20.3. The summed E-state index contributed by atoms with van der Waals surface area (Å²) in [7, 11) is -1.46. The van der Waals surface area contributed by atoms with Gasteiger partial charge in [0.05, 0.1) is 4.90 Å². The van der Waals surface area contributed by atoms with Gasteiger partial charge in [-0.15, -0.1) is 0 Å². The van der Waals surface area contributed by atoms with Crippen molar-refractivity contribution in [3.63, 3.8) is 0 Å². The molecular formula is C24H34N6O2S. The minimum Gasteiger partial charge on any atom is -0.346 e. The van der Waals surface area contributed by atoms with E-state index >= 15 is 0 Å². The van der Waals surface area contributed by atoms with Crippen molar-refractivity contribution < 1.29 is 8.42 Å². The number of sulfonamides is 1. The molecule has 0 aliphatic carbocycles. The number of rotatable bonds is 6. The summed E-state index contributed by atoms with van der Waals surface area (Å²) in [6, 6.07) is 9.48. The number of H-pyrrole nitrogens is 1. The average Bonchev–Trinajstić information content (AvgIpc) is 3.21. The molecular weight excluding hydrogens is 436 g/mol. The summed E-state index contributed by atoms with van der Waals surface area (Å²) in [6.07, 6.45) is 4.82. The van der Waals surface area contributed by atoms with Crippen LogP contribution in [0.3, 0.4) is 0 Å². The van der Waals surface area contributed by atoms with Crippen molar-refractivity contribution in [3.8, 4) is 0 Å². The van der Waals surface area contributed by atoms with Gasteiger partial charge in [-0.3, -0.25) is 4.90 Å². The zero-order chi connectivity index (χ0) is 23.8. The molecule has 2 unspecified atom stereocenters. The van der Waals surface area contributed by atoms with Gasteiger partial charge in [-0.1, -0.05) is 19.1 Å². The molecule has 2 N–H and O–H groups in total. The first-order valence-electron chi connectivity index (χ1n) is 11.4. The summed E-state index contributed by atoms with van der Waals surface area (Å²) in [4.78, 5) is 17.3. The van der Waals surface area contributed by atoms with E-state index in [1.807, 2.05) is 51.4 Å². The lowest BCUT2D eigenvalue weighted by Gasteiger charge is -2.41. The SMILES string of the molecule is CC1CCN(Cc2ccc(S(=O)(=O)NC(C)(C)C)cc2)CC1N(C)c1ncc2cc[nH]c2n1. The quantitative estimate of drug-likeness (QED) is 0.574. The van der Waals surface area contributed by atoms with E-state index < -0.39 is 15.6 Å². The van der Waals surface area contributed by atoms with E-state index in [9.17, 15) is 8.42 Å². The van der Waals surface area contributed by atoms with Gasteiger partial charge in [-0.05, 0) is 63.4 Å². The molecule has 0 amide bonds. The Morgan fingerprint density at radius 3 is 2.64 bits per heavy atom. The molecule has 0 radical (unpaired) electrons. The Morgan fingerprint density at radius 2 is 1.94 bits per heavy atom. The molecule has 2 aromatic heterocycles. The molecule has 1 aliphatic heterocycles. The molecule has 3 heterocycles. The molecule has 2 atom stereocenters. The predicted octanol–water partition coefficient (Wildman–Crippen LogP) is 3.38. The fourth-order valence-corrected chi connectivity index (χ4v) is 5.82. The Hall–Kier alpha value is -2.49. The lowest BCUT2D eigenvalue weighted by Crippen LogP contribution is -2.51. The highest BCUT2D eigenvalue weighted by atomic mass is 32.2. The van der Waals surface area contributed by atoms with Crippen LogP contribution in [-0.2, 0) is 16.6 Å². The maximum absolute atomic E-state index is 12.6. The van der Waals surface area contributed by atoms with Gasteiger partial charge < -0.3 is 9.88 Å². The van der Waals surface area contributed by atoms with Crippen LogP contribution < -0.4 is 9.62 Å². The van der Waals surface area contributed by atoms with Crippen molar-refractivity contribution >= 4 is 27.0 Å². The van der Waals surface area contributed by atoms with Crippen LogP contribution in [0.4, 0.5) is 5.95 Å². The maximum Gasteiger partial charge on any atom is 0.241 e. The Bertz CT molecular complexity index is 1200. The van der Waals surface area contributed by atoms with Crippen molar-refractivity contribution in [2.75, 3.05) is 25.0 Å². The number of likely N-dealkylation sites (tertiary alicyclic amines) is 1. The van der Waals surface area contributed by atoms with E-state index in [4.69, 9.17) is 0 Å². The van der Waals surface area contributed by atoms with Crippen LogP contribution in [-0.4, -0.2) is 60.0 Å². The molecule has 3 aromatic rings. The zero-order valence-electron chi connectivity index (χ0n) is 20.0. The standard InChI is InChI=1S/C24H34N6O2S/c1-17-11-13-30(15-18-6-8-20(9-7-18)33(31,32)28-24(2,3)4)16-21(17)29(5)23-26-14-19-10-12-25-22(19)27-23/h6-10,12,14,17,21,28H,11,13,15-16H2,1-5H3,(H,25,26,27). The van der Waals surface area contributed by atoms with Gasteiger partial charge in [0.2, 0.25) is 16.0 Å². The van der Waals surface area contributed by atoms with E-state index in [0.29, 0.717) is 16.9 Å². The van der Waals surface area contributed by atoms with Crippen LogP contribution in [0.15, 0.2) is 47.6 Å². The molecule has 1 aromatic carbocycles. The van der Waals surface area contributed by atoms with E-state index in [0.717, 1.165) is 48.6 Å². The van der Waals surface area contributed by atoms with Crippen LogP contribution in [0.2, 0.25) is 0 Å². The number of nitrogens with one attached hydrogen (secondary N) is 2. The van der Waals surface area contributed by atoms with Gasteiger partial charge in [0.1, 0.15) is 5.65 Å². The Morgan fingerprint density at radius 1 is 1.21 bits per heavy atom. The van der Waals surface area contributed by atoms with Crippen LogP contribution in [0.5, 0.6) is 0 Å². The smallest absolute Gasteiger partial charge is 0.241 e. The third-order valence-electron chi connectivity index (χ3n) is 6.18. The molecule has 0 spiro atoms. The third kappa shape index (κ3) is 5.54. The fourth-order valence-electron chi connectivity index (χ4n) is 4.40. The number of fused-ring (bicyclic) bond motifs is 1. The molecule has 33 heavy (non-hydrogen) atoms. The van der Waals surface area contributed by atoms with Crippen molar-refractivity contribution in [3.05, 3.63) is 48.3 Å². The topological polar surface area (TPSA) is 94.2 Å². The second-order valence-corrected chi connectivity index (χ2v) is 11.8. The molecule has 178 valence electrons. The Balaban J connectivity index is 1.43. The van der Waals surface area contributed by atoms with Crippen molar-refractivity contribution in [2.45, 2.75) is 57.1 Å². The first-order chi connectivity index (χ1) is 15.5. The summed E-state index contributed by atoms with van der Waals surface area (Å²) in [5, 5.41) is 1.01.